The molecule has 5 heteroatoms. The fourth-order valence-corrected chi connectivity index (χ4v) is 3.46. The van der Waals surface area contributed by atoms with Crippen molar-refractivity contribution in [3.8, 4) is 11.5 Å². The van der Waals surface area contributed by atoms with Gasteiger partial charge in [-0.3, -0.25) is 4.79 Å². The number of carbonyl (C=O) groups excluding carboxylic acids is 1. The summed E-state index contributed by atoms with van der Waals surface area (Å²) in [6.45, 7) is 3.53. The van der Waals surface area contributed by atoms with E-state index in [1.54, 1.807) is 14.2 Å². The van der Waals surface area contributed by atoms with Gasteiger partial charge in [0.05, 0.1) is 20.8 Å². The van der Waals surface area contributed by atoms with E-state index in [1.807, 2.05) is 36.4 Å². The van der Waals surface area contributed by atoms with Crippen LogP contribution >= 0.6 is 0 Å². The Morgan fingerprint density at radius 1 is 1.16 bits per heavy atom. The Hall–Kier alpha value is -2.53. The molecule has 1 amide bonds. The van der Waals surface area contributed by atoms with Gasteiger partial charge >= 0.3 is 0 Å². The monoisotopic (exact) mass is 341 g/mol. The first-order chi connectivity index (χ1) is 12.1. The molecule has 0 aromatic heterocycles. The van der Waals surface area contributed by atoms with Crippen LogP contribution in [0.4, 0.5) is 5.69 Å². The summed E-state index contributed by atoms with van der Waals surface area (Å²) >= 11 is 0. The van der Waals surface area contributed by atoms with Crippen LogP contribution in [0.25, 0.3) is 0 Å². The predicted octanol–water partition coefficient (Wildman–Crippen LogP) is 1.84. The van der Waals surface area contributed by atoms with Crippen molar-refractivity contribution >= 4 is 11.6 Å². The fourth-order valence-electron chi connectivity index (χ4n) is 3.46. The lowest BCUT2D eigenvalue weighted by Gasteiger charge is -2.32. The minimum atomic E-state index is 0.0389. The average Bonchev–Trinajstić information content (AvgIpc) is 2.64. The van der Waals surface area contributed by atoms with Crippen LogP contribution in [0.3, 0.4) is 0 Å². The molecule has 1 unspecified atom stereocenters. The van der Waals surface area contributed by atoms with E-state index in [-0.39, 0.29) is 11.9 Å². The van der Waals surface area contributed by atoms with Gasteiger partial charge in [0.2, 0.25) is 0 Å². The number of methoxy groups -OCH3 is 2. The van der Waals surface area contributed by atoms with Crippen LogP contribution in [-0.4, -0.2) is 33.2 Å². The molecular formula is C20H25N2O3+. The first-order valence-electron chi connectivity index (χ1n) is 8.56. The Labute approximate surface area is 148 Å². The molecule has 2 atom stereocenters. The number of para-hydroxylation sites is 1. The molecule has 1 aliphatic rings. The first kappa shape index (κ1) is 17.3. The molecule has 0 bridgehead atoms. The van der Waals surface area contributed by atoms with Crippen LogP contribution in [0.5, 0.6) is 11.5 Å². The van der Waals surface area contributed by atoms with Gasteiger partial charge in [0.1, 0.15) is 6.04 Å². The third kappa shape index (κ3) is 3.77. The van der Waals surface area contributed by atoms with Gasteiger partial charge < -0.3 is 19.7 Å². The van der Waals surface area contributed by atoms with Crippen LogP contribution < -0.4 is 19.7 Å². The van der Waals surface area contributed by atoms with E-state index in [2.05, 4.69) is 18.3 Å². The van der Waals surface area contributed by atoms with Gasteiger partial charge in [0.15, 0.2) is 18.0 Å². The summed E-state index contributed by atoms with van der Waals surface area (Å²) < 4.78 is 10.8. The van der Waals surface area contributed by atoms with Crippen LogP contribution in [0, 0.1) is 0 Å². The summed E-state index contributed by atoms with van der Waals surface area (Å²) in [7, 11) is 3.30. The number of rotatable bonds is 5. The van der Waals surface area contributed by atoms with Crippen LogP contribution in [0.15, 0.2) is 42.5 Å². The molecule has 0 aliphatic carbocycles. The molecule has 132 valence electrons. The first-order valence-corrected chi connectivity index (χ1v) is 8.56. The summed E-state index contributed by atoms with van der Waals surface area (Å²) in [5.74, 6) is 1.54. The van der Waals surface area contributed by atoms with Crippen molar-refractivity contribution in [3.63, 3.8) is 0 Å². The second-order valence-electron chi connectivity index (χ2n) is 6.38. The van der Waals surface area contributed by atoms with Crippen LogP contribution in [0.2, 0.25) is 0 Å². The third-order valence-electron chi connectivity index (χ3n) is 4.88. The predicted molar refractivity (Wildman–Crippen MR) is 97.4 cm³/mol. The molecule has 0 fully saturated rings. The van der Waals surface area contributed by atoms with Crippen molar-refractivity contribution in [3.05, 3.63) is 53.6 Å². The van der Waals surface area contributed by atoms with Crippen molar-refractivity contribution in [1.29, 1.82) is 0 Å². The molecular weight excluding hydrogens is 316 g/mol. The molecule has 25 heavy (non-hydrogen) atoms. The number of hydrogen-bond donors (Lipinski definition) is 2. The second kappa shape index (κ2) is 7.57. The molecule has 2 aromatic rings. The molecule has 1 heterocycles. The van der Waals surface area contributed by atoms with E-state index in [0.717, 1.165) is 30.2 Å². The van der Waals surface area contributed by atoms with E-state index in [1.165, 1.54) is 16.0 Å². The Kier molecular flexibility index (Phi) is 5.24. The average molecular weight is 341 g/mol. The lowest BCUT2D eigenvalue weighted by molar-refractivity contribution is -0.924. The summed E-state index contributed by atoms with van der Waals surface area (Å²) in [6, 6.07) is 13.9. The molecule has 2 N–H and O–H groups in total. The minimum Gasteiger partial charge on any atom is -0.493 e. The van der Waals surface area contributed by atoms with Crippen molar-refractivity contribution in [2.24, 2.45) is 0 Å². The maximum absolute atomic E-state index is 12.4. The smallest absolute Gasteiger partial charge is 0.279 e. The third-order valence-corrected chi connectivity index (χ3v) is 4.88. The van der Waals surface area contributed by atoms with E-state index in [4.69, 9.17) is 9.47 Å². The van der Waals surface area contributed by atoms with Gasteiger partial charge in [0, 0.05) is 17.7 Å². The zero-order valence-corrected chi connectivity index (χ0v) is 15.0. The van der Waals surface area contributed by atoms with E-state index in [0.29, 0.717) is 6.54 Å². The number of nitrogens with one attached hydrogen (secondary N) is 2. The second-order valence-corrected chi connectivity index (χ2v) is 6.38. The van der Waals surface area contributed by atoms with E-state index in [9.17, 15) is 4.79 Å². The Morgan fingerprint density at radius 3 is 2.52 bits per heavy atom. The molecule has 0 saturated heterocycles. The summed E-state index contributed by atoms with van der Waals surface area (Å²) in [4.78, 5) is 13.6. The van der Waals surface area contributed by atoms with E-state index < -0.39 is 0 Å². The molecule has 0 saturated carbocycles. The Balaban J connectivity index is 1.72. The van der Waals surface area contributed by atoms with Gasteiger partial charge in [0.25, 0.3) is 5.91 Å². The molecule has 0 radical (unpaired) electrons. The highest BCUT2D eigenvalue weighted by molar-refractivity contribution is 5.91. The summed E-state index contributed by atoms with van der Waals surface area (Å²) in [5.41, 5.74) is 3.34. The number of anilines is 1. The van der Waals surface area contributed by atoms with Crippen LogP contribution in [-0.2, 0) is 11.2 Å². The molecule has 3 rings (SSSR count). The van der Waals surface area contributed by atoms with Gasteiger partial charge in [-0.05, 0) is 36.8 Å². The SMILES string of the molecule is COc1cc2c(cc1OC)[C@H](C)[NH+](CC(=O)Nc1ccccc1)CC2. The largest absolute Gasteiger partial charge is 0.493 e. The lowest BCUT2D eigenvalue weighted by atomic mass is 9.93. The highest BCUT2D eigenvalue weighted by Crippen LogP contribution is 2.33. The van der Waals surface area contributed by atoms with Gasteiger partial charge in [-0.1, -0.05) is 18.2 Å². The molecule has 1 aliphatic heterocycles. The summed E-state index contributed by atoms with van der Waals surface area (Å²) in [5, 5.41) is 2.97. The number of amides is 1. The van der Waals surface area contributed by atoms with Gasteiger partial charge in [-0.2, -0.15) is 0 Å². The fraction of sp³-hybridized carbons (Fsp3) is 0.350. The van der Waals surface area contributed by atoms with Crippen molar-refractivity contribution in [2.45, 2.75) is 19.4 Å². The number of ether oxygens (including phenoxy) is 2. The topological polar surface area (TPSA) is 52.0 Å². The Bertz CT molecular complexity index is 746. The maximum atomic E-state index is 12.4. The van der Waals surface area contributed by atoms with Crippen LogP contribution in [0.1, 0.15) is 24.1 Å². The van der Waals surface area contributed by atoms with Crippen molar-refractivity contribution < 1.29 is 19.2 Å². The number of hydrogen-bond acceptors (Lipinski definition) is 3. The molecule has 2 aromatic carbocycles. The number of carbonyl (C=O) groups is 1. The zero-order chi connectivity index (χ0) is 17.8. The Morgan fingerprint density at radius 2 is 1.84 bits per heavy atom. The molecule has 0 spiro atoms. The minimum absolute atomic E-state index is 0.0389. The number of benzene rings is 2. The lowest BCUT2D eigenvalue weighted by Crippen LogP contribution is -3.14. The quantitative estimate of drug-likeness (QED) is 0.873. The normalized spacial score (nSPS) is 19.0. The standard InChI is InChI=1S/C20H24N2O3/c1-14-17-12-19(25-3)18(24-2)11-15(17)9-10-22(14)13-20(23)21-16-7-5-4-6-8-16/h4-8,11-12,14H,9-10,13H2,1-3H3,(H,21,23)/p+1/t14-/m0/s1. The number of quaternary nitrogens is 1. The maximum Gasteiger partial charge on any atom is 0.279 e. The highest BCUT2D eigenvalue weighted by Gasteiger charge is 2.30. The highest BCUT2D eigenvalue weighted by atomic mass is 16.5. The van der Waals surface area contributed by atoms with Gasteiger partial charge in [-0.15, -0.1) is 0 Å². The summed E-state index contributed by atoms with van der Waals surface area (Å²) in [6.07, 6.45) is 0.925. The number of fused-ring (bicyclic) bond motifs is 1. The zero-order valence-electron chi connectivity index (χ0n) is 15.0. The molecule has 5 nitrogen and oxygen atoms in total. The van der Waals surface area contributed by atoms with E-state index >= 15 is 0 Å². The van der Waals surface area contributed by atoms with Gasteiger partial charge in [-0.25, -0.2) is 0 Å². The van der Waals surface area contributed by atoms with Crippen molar-refractivity contribution in [2.75, 3.05) is 32.6 Å². The van der Waals surface area contributed by atoms with Crippen molar-refractivity contribution in [1.82, 2.24) is 0 Å².